The summed E-state index contributed by atoms with van der Waals surface area (Å²) >= 11 is 0. The number of hydrogen-bond donors (Lipinski definition) is 0. The summed E-state index contributed by atoms with van der Waals surface area (Å²) in [5, 5.41) is 0. The molecule has 0 aromatic heterocycles. The molecule has 0 heterocycles. The van der Waals surface area contributed by atoms with Crippen molar-refractivity contribution in [2.45, 2.75) is 26.7 Å². The Hall–Kier alpha value is -1.26. The second-order valence-electron chi connectivity index (χ2n) is 3.13. The van der Waals surface area contributed by atoms with Crippen LogP contribution in [0.1, 0.15) is 32.3 Å². The van der Waals surface area contributed by atoms with E-state index in [-0.39, 0.29) is 0 Å². The topological polar surface area (TPSA) is 0 Å². The van der Waals surface area contributed by atoms with Gasteiger partial charge in [0.05, 0.1) is 0 Å². The van der Waals surface area contributed by atoms with E-state index in [1.165, 1.54) is 17.6 Å². The normalized spacial score (nSPS) is 9.08. The molecule has 13 heavy (non-hydrogen) atoms. The van der Waals surface area contributed by atoms with Gasteiger partial charge in [0.15, 0.2) is 0 Å². The first-order valence-electron chi connectivity index (χ1n) is 4.81. The van der Waals surface area contributed by atoms with Gasteiger partial charge in [0, 0.05) is 0 Å². The van der Waals surface area contributed by atoms with Crippen LogP contribution in [-0.2, 0) is 0 Å². The summed E-state index contributed by atoms with van der Waals surface area (Å²) < 4.78 is 0. The van der Waals surface area contributed by atoms with Gasteiger partial charge in [-0.15, -0.1) is 5.73 Å². The monoisotopic (exact) mass is 172 g/mol. The van der Waals surface area contributed by atoms with E-state index in [0.29, 0.717) is 0 Å². The average molecular weight is 172 g/mol. The summed E-state index contributed by atoms with van der Waals surface area (Å²) in [5.41, 5.74) is 5.77. The average Bonchev–Trinajstić information content (AvgIpc) is 2.19. The Kier molecular flexibility index (Phi) is 4.08. The fourth-order valence-electron chi connectivity index (χ4n) is 1.14. The van der Waals surface area contributed by atoms with Crippen LogP contribution in [-0.4, -0.2) is 0 Å². The minimum Gasteiger partial charge on any atom is -0.121 e. The van der Waals surface area contributed by atoms with Crippen LogP contribution >= 0.6 is 0 Å². The van der Waals surface area contributed by atoms with Gasteiger partial charge >= 0.3 is 0 Å². The Morgan fingerprint density at radius 2 is 2.00 bits per heavy atom. The summed E-state index contributed by atoms with van der Waals surface area (Å²) in [5.74, 6) is 0. The van der Waals surface area contributed by atoms with Crippen molar-refractivity contribution in [1.82, 2.24) is 0 Å². The molecule has 0 fully saturated rings. The van der Waals surface area contributed by atoms with Crippen LogP contribution in [0.2, 0.25) is 0 Å². The lowest BCUT2D eigenvalue weighted by Crippen LogP contribution is -1.74. The number of hydrogen-bond acceptors (Lipinski definition) is 0. The molecule has 0 radical (unpaired) electrons. The molecule has 0 N–H and O–H groups in total. The van der Waals surface area contributed by atoms with Crippen LogP contribution < -0.4 is 0 Å². The largest absolute Gasteiger partial charge is 0.121 e. The van der Waals surface area contributed by atoms with Gasteiger partial charge in [0.25, 0.3) is 0 Å². The first-order chi connectivity index (χ1) is 6.34. The zero-order valence-corrected chi connectivity index (χ0v) is 8.38. The van der Waals surface area contributed by atoms with Crippen LogP contribution in [0.3, 0.4) is 0 Å². The fourth-order valence-corrected chi connectivity index (χ4v) is 1.14. The predicted molar refractivity (Wildman–Crippen MR) is 58.5 cm³/mol. The number of benzene rings is 1. The highest BCUT2D eigenvalue weighted by molar-refractivity contribution is 5.62. The molecule has 0 atom stereocenters. The van der Waals surface area contributed by atoms with Gasteiger partial charge in [-0.25, -0.2) is 0 Å². The molecule has 68 valence electrons. The van der Waals surface area contributed by atoms with Crippen LogP contribution in [0.4, 0.5) is 0 Å². The van der Waals surface area contributed by atoms with Gasteiger partial charge in [-0.1, -0.05) is 43.7 Å². The number of unbranched alkanes of at least 4 members (excludes halogenated alkanes) is 1. The highest BCUT2D eigenvalue weighted by atomic mass is 13.9. The summed E-state index contributed by atoms with van der Waals surface area (Å²) in [4.78, 5) is 0. The summed E-state index contributed by atoms with van der Waals surface area (Å²) in [6, 6.07) is 10.4. The second kappa shape index (κ2) is 5.40. The van der Waals surface area contributed by atoms with Crippen molar-refractivity contribution in [3.05, 3.63) is 47.7 Å². The van der Waals surface area contributed by atoms with E-state index in [9.17, 15) is 0 Å². The van der Waals surface area contributed by atoms with Crippen LogP contribution in [0, 0.1) is 0 Å². The number of allylic oxidation sites excluding steroid dienone is 1. The molecule has 0 unspecified atom stereocenters. The van der Waals surface area contributed by atoms with Crippen LogP contribution in [0.5, 0.6) is 0 Å². The highest BCUT2D eigenvalue weighted by Crippen LogP contribution is 2.10. The fraction of sp³-hybridized carbons (Fsp3) is 0.308. The van der Waals surface area contributed by atoms with E-state index in [2.05, 4.69) is 49.9 Å². The standard InChI is InChI=1S/C13H16/c1-3-4-6-9-12(2)13-10-7-5-8-11-13/h5-8,10-11H,3-4H2,1-2H3. The Bertz CT molecular complexity index is 300. The molecule has 0 bridgehead atoms. The molecule has 0 aliphatic carbocycles. The molecule has 0 aliphatic heterocycles. The first kappa shape index (κ1) is 9.83. The van der Waals surface area contributed by atoms with Gasteiger partial charge < -0.3 is 0 Å². The van der Waals surface area contributed by atoms with E-state index in [0.717, 1.165) is 6.42 Å². The highest BCUT2D eigenvalue weighted by Gasteiger charge is 1.89. The third-order valence-electron chi connectivity index (χ3n) is 1.96. The van der Waals surface area contributed by atoms with Gasteiger partial charge in [-0.3, -0.25) is 0 Å². The summed E-state index contributed by atoms with van der Waals surface area (Å²) in [6.07, 6.45) is 4.42. The maximum Gasteiger partial charge on any atom is -0.00224 e. The van der Waals surface area contributed by atoms with E-state index in [4.69, 9.17) is 0 Å². The molecular formula is C13H16. The van der Waals surface area contributed by atoms with E-state index < -0.39 is 0 Å². The summed E-state index contributed by atoms with van der Waals surface area (Å²) in [6.45, 7) is 4.28. The molecule has 0 saturated carbocycles. The lowest BCUT2D eigenvalue weighted by Gasteiger charge is -1.95. The predicted octanol–water partition coefficient (Wildman–Crippen LogP) is 4.05. The lowest BCUT2D eigenvalue weighted by molar-refractivity contribution is 0.960. The molecule has 0 aliphatic rings. The minimum atomic E-state index is 1.12. The van der Waals surface area contributed by atoms with Crippen LogP contribution in [0.25, 0.3) is 5.57 Å². The van der Waals surface area contributed by atoms with Crippen molar-refractivity contribution in [2.75, 3.05) is 0 Å². The molecule has 0 nitrogen and oxygen atoms in total. The molecule has 0 saturated heterocycles. The third kappa shape index (κ3) is 3.31. The van der Waals surface area contributed by atoms with Crippen molar-refractivity contribution in [3.63, 3.8) is 0 Å². The minimum absolute atomic E-state index is 1.12. The van der Waals surface area contributed by atoms with Gasteiger partial charge in [-0.2, -0.15) is 0 Å². The van der Waals surface area contributed by atoms with Crippen molar-refractivity contribution >= 4 is 5.57 Å². The Labute approximate surface area is 80.6 Å². The van der Waals surface area contributed by atoms with Gasteiger partial charge in [0.1, 0.15) is 0 Å². The molecule has 0 spiro atoms. The quantitative estimate of drug-likeness (QED) is 0.603. The van der Waals surface area contributed by atoms with Crippen molar-refractivity contribution in [3.8, 4) is 0 Å². The van der Waals surface area contributed by atoms with E-state index in [1.807, 2.05) is 6.07 Å². The zero-order valence-electron chi connectivity index (χ0n) is 8.38. The Balaban J connectivity index is 2.79. The van der Waals surface area contributed by atoms with E-state index >= 15 is 0 Å². The smallest absolute Gasteiger partial charge is 0.00224 e. The SMILES string of the molecule is CCCC=C=C(C)c1ccccc1. The van der Waals surface area contributed by atoms with Crippen molar-refractivity contribution in [2.24, 2.45) is 0 Å². The Morgan fingerprint density at radius 3 is 2.62 bits per heavy atom. The van der Waals surface area contributed by atoms with Crippen molar-refractivity contribution in [1.29, 1.82) is 0 Å². The second-order valence-corrected chi connectivity index (χ2v) is 3.13. The Morgan fingerprint density at radius 1 is 1.31 bits per heavy atom. The molecule has 1 aromatic carbocycles. The summed E-state index contributed by atoms with van der Waals surface area (Å²) in [7, 11) is 0. The molecule has 0 heteroatoms. The maximum absolute atomic E-state index is 3.29. The molecule has 1 aromatic rings. The van der Waals surface area contributed by atoms with Gasteiger partial charge in [-0.05, 0) is 30.6 Å². The first-order valence-corrected chi connectivity index (χ1v) is 4.81. The molecule has 0 amide bonds. The third-order valence-corrected chi connectivity index (χ3v) is 1.96. The van der Waals surface area contributed by atoms with E-state index in [1.54, 1.807) is 0 Å². The zero-order chi connectivity index (χ0) is 9.52. The number of rotatable bonds is 3. The molecule has 1 rings (SSSR count). The van der Waals surface area contributed by atoms with Crippen molar-refractivity contribution < 1.29 is 0 Å². The maximum atomic E-state index is 3.29. The van der Waals surface area contributed by atoms with Gasteiger partial charge in [0.2, 0.25) is 0 Å². The lowest BCUT2D eigenvalue weighted by atomic mass is 10.1. The van der Waals surface area contributed by atoms with Crippen LogP contribution in [0.15, 0.2) is 42.1 Å². The molecular weight excluding hydrogens is 156 g/mol.